The lowest BCUT2D eigenvalue weighted by atomic mass is 9.90. The minimum absolute atomic E-state index is 0.326. The van der Waals surface area contributed by atoms with Gasteiger partial charge in [-0.25, -0.2) is 0 Å². The zero-order valence-corrected chi connectivity index (χ0v) is 13.4. The molecule has 0 aromatic rings. The predicted molar refractivity (Wildman–Crippen MR) is 82.6 cm³/mol. The molecule has 2 rings (SSSR count). The van der Waals surface area contributed by atoms with E-state index in [0.29, 0.717) is 11.6 Å². The molecule has 0 aromatic heterocycles. The standard InChI is InChI=1S/C16H33N3/c1-5-9-18-10-7-15(8-11-18)19-13-16(4,6-2)17-12-14(19)3/h14-15,17H,5-13H2,1-4H3. The van der Waals surface area contributed by atoms with E-state index in [1.54, 1.807) is 0 Å². The van der Waals surface area contributed by atoms with Crippen molar-refractivity contribution in [2.45, 2.75) is 71.0 Å². The van der Waals surface area contributed by atoms with E-state index < -0.39 is 0 Å². The molecule has 0 bridgehead atoms. The Kier molecular flexibility index (Phi) is 5.27. The summed E-state index contributed by atoms with van der Waals surface area (Å²) in [5.41, 5.74) is 0.326. The molecule has 0 radical (unpaired) electrons. The van der Waals surface area contributed by atoms with Gasteiger partial charge >= 0.3 is 0 Å². The van der Waals surface area contributed by atoms with E-state index in [4.69, 9.17) is 0 Å². The molecule has 2 saturated heterocycles. The molecule has 3 heteroatoms. The van der Waals surface area contributed by atoms with Gasteiger partial charge in [0.1, 0.15) is 0 Å². The number of hydrogen-bond acceptors (Lipinski definition) is 3. The molecule has 3 nitrogen and oxygen atoms in total. The van der Waals surface area contributed by atoms with Crippen LogP contribution in [0.5, 0.6) is 0 Å². The van der Waals surface area contributed by atoms with Gasteiger partial charge in [0.15, 0.2) is 0 Å². The topological polar surface area (TPSA) is 18.5 Å². The molecule has 19 heavy (non-hydrogen) atoms. The fourth-order valence-electron chi connectivity index (χ4n) is 3.64. The fraction of sp³-hybridized carbons (Fsp3) is 1.00. The van der Waals surface area contributed by atoms with Gasteiger partial charge in [-0.2, -0.15) is 0 Å². The minimum atomic E-state index is 0.326. The number of nitrogens with one attached hydrogen (secondary N) is 1. The summed E-state index contributed by atoms with van der Waals surface area (Å²) in [6.07, 6.45) is 5.25. The molecule has 112 valence electrons. The smallest absolute Gasteiger partial charge is 0.0278 e. The van der Waals surface area contributed by atoms with Gasteiger partial charge in [-0.05, 0) is 59.2 Å². The summed E-state index contributed by atoms with van der Waals surface area (Å²) in [4.78, 5) is 5.44. The van der Waals surface area contributed by atoms with Crippen LogP contribution in [-0.2, 0) is 0 Å². The first-order valence-electron chi connectivity index (χ1n) is 8.31. The van der Waals surface area contributed by atoms with Crippen LogP contribution in [0.1, 0.15) is 53.4 Å². The van der Waals surface area contributed by atoms with Crippen LogP contribution in [0.2, 0.25) is 0 Å². The van der Waals surface area contributed by atoms with Crippen LogP contribution in [0.25, 0.3) is 0 Å². The average Bonchev–Trinajstić information content (AvgIpc) is 2.43. The van der Waals surface area contributed by atoms with Crippen molar-refractivity contribution in [1.82, 2.24) is 15.1 Å². The summed E-state index contributed by atoms with van der Waals surface area (Å²) < 4.78 is 0. The zero-order valence-electron chi connectivity index (χ0n) is 13.4. The Balaban J connectivity index is 1.90. The Morgan fingerprint density at radius 3 is 2.47 bits per heavy atom. The van der Waals surface area contributed by atoms with Gasteiger partial charge < -0.3 is 10.2 Å². The van der Waals surface area contributed by atoms with E-state index in [1.165, 1.54) is 51.9 Å². The Morgan fingerprint density at radius 2 is 1.89 bits per heavy atom. The number of piperazine rings is 1. The van der Waals surface area contributed by atoms with Crippen LogP contribution in [0.3, 0.4) is 0 Å². The molecule has 0 aliphatic carbocycles. The number of rotatable bonds is 4. The first kappa shape index (κ1) is 15.3. The highest BCUT2D eigenvalue weighted by molar-refractivity contribution is 4.96. The maximum atomic E-state index is 3.74. The van der Waals surface area contributed by atoms with Crippen LogP contribution in [-0.4, -0.2) is 60.1 Å². The van der Waals surface area contributed by atoms with Crippen molar-refractivity contribution in [3.63, 3.8) is 0 Å². The SMILES string of the molecule is CCCN1CCC(N2CC(C)(CC)NCC2C)CC1. The van der Waals surface area contributed by atoms with Crippen molar-refractivity contribution in [2.75, 3.05) is 32.7 Å². The lowest BCUT2D eigenvalue weighted by Gasteiger charge is -2.50. The Hall–Kier alpha value is -0.120. The quantitative estimate of drug-likeness (QED) is 0.843. The Morgan fingerprint density at radius 1 is 1.21 bits per heavy atom. The first-order valence-corrected chi connectivity index (χ1v) is 8.31. The van der Waals surface area contributed by atoms with Crippen molar-refractivity contribution < 1.29 is 0 Å². The molecule has 0 amide bonds. The van der Waals surface area contributed by atoms with Gasteiger partial charge in [0, 0.05) is 30.7 Å². The van der Waals surface area contributed by atoms with Gasteiger partial charge in [0.25, 0.3) is 0 Å². The summed E-state index contributed by atoms with van der Waals surface area (Å²) in [6.45, 7) is 15.6. The number of piperidine rings is 1. The monoisotopic (exact) mass is 267 g/mol. The number of likely N-dealkylation sites (tertiary alicyclic amines) is 1. The highest BCUT2D eigenvalue weighted by atomic mass is 15.3. The van der Waals surface area contributed by atoms with Crippen molar-refractivity contribution in [2.24, 2.45) is 0 Å². The Labute approximate surface area is 119 Å². The number of nitrogens with zero attached hydrogens (tertiary/aromatic N) is 2. The molecule has 2 atom stereocenters. The van der Waals surface area contributed by atoms with Crippen LogP contribution in [0.15, 0.2) is 0 Å². The normalized spacial score (nSPS) is 35.7. The predicted octanol–water partition coefficient (Wildman–Crippen LogP) is 2.32. The maximum absolute atomic E-state index is 3.74. The van der Waals surface area contributed by atoms with Gasteiger partial charge in [0.05, 0.1) is 0 Å². The third-order valence-electron chi connectivity index (χ3n) is 5.27. The van der Waals surface area contributed by atoms with Crippen molar-refractivity contribution in [3.8, 4) is 0 Å². The summed E-state index contributed by atoms with van der Waals surface area (Å²) in [5.74, 6) is 0. The molecule has 1 N–H and O–H groups in total. The highest BCUT2D eigenvalue weighted by Gasteiger charge is 2.36. The molecule has 2 aliphatic rings. The largest absolute Gasteiger partial charge is 0.309 e. The molecular weight excluding hydrogens is 234 g/mol. The summed E-state index contributed by atoms with van der Waals surface area (Å²) in [7, 11) is 0. The summed E-state index contributed by atoms with van der Waals surface area (Å²) in [5, 5.41) is 3.74. The maximum Gasteiger partial charge on any atom is 0.0278 e. The molecule has 0 spiro atoms. The molecule has 0 aromatic carbocycles. The lowest BCUT2D eigenvalue weighted by Crippen LogP contribution is -2.65. The second-order valence-electron chi connectivity index (χ2n) is 6.89. The van der Waals surface area contributed by atoms with Crippen molar-refractivity contribution >= 4 is 0 Å². The van der Waals surface area contributed by atoms with Crippen LogP contribution in [0.4, 0.5) is 0 Å². The van der Waals surface area contributed by atoms with Gasteiger partial charge in [0.2, 0.25) is 0 Å². The van der Waals surface area contributed by atoms with Gasteiger partial charge in [-0.15, -0.1) is 0 Å². The van der Waals surface area contributed by atoms with Crippen LogP contribution < -0.4 is 5.32 Å². The third-order valence-corrected chi connectivity index (χ3v) is 5.27. The van der Waals surface area contributed by atoms with Crippen LogP contribution in [0, 0.1) is 0 Å². The molecule has 2 aliphatic heterocycles. The van der Waals surface area contributed by atoms with Crippen molar-refractivity contribution in [3.05, 3.63) is 0 Å². The van der Waals surface area contributed by atoms with E-state index >= 15 is 0 Å². The molecular formula is C16H33N3. The minimum Gasteiger partial charge on any atom is -0.309 e. The van der Waals surface area contributed by atoms with Gasteiger partial charge in [-0.1, -0.05) is 13.8 Å². The summed E-state index contributed by atoms with van der Waals surface area (Å²) >= 11 is 0. The lowest BCUT2D eigenvalue weighted by molar-refractivity contribution is 0.0239. The van der Waals surface area contributed by atoms with Crippen LogP contribution >= 0.6 is 0 Å². The second-order valence-corrected chi connectivity index (χ2v) is 6.89. The first-order chi connectivity index (χ1) is 9.08. The molecule has 2 unspecified atom stereocenters. The summed E-state index contributed by atoms with van der Waals surface area (Å²) in [6, 6.07) is 1.51. The molecule has 2 fully saturated rings. The zero-order chi connectivity index (χ0) is 13.9. The van der Waals surface area contributed by atoms with E-state index in [0.717, 1.165) is 12.6 Å². The average molecular weight is 267 g/mol. The third kappa shape index (κ3) is 3.71. The van der Waals surface area contributed by atoms with E-state index in [9.17, 15) is 0 Å². The fourth-order valence-corrected chi connectivity index (χ4v) is 3.64. The van der Waals surface area contributed by atoms with E-state index in [-0.39, 0.29) is 0 Å². The Bertz CT molecular complexity index is 273. The van der Waals surface area contributed by atoms with Gasteiger partial charge in [-0.3, -0.25) is 4.90 Å². The van der Waals surface area contributed by atoms with E-state index in [1.807, 2.05) is 0 Å². The highest BCUT2D eigenvalue weighted by Crippen LogP contribution is 2.25. The number of hydrogen-bond donors (Lipinski definition) is 1. The van der Waals surface area contributed by atoms with E-state index in [2.05, 4.69) is 42.8 Å². The van der Waals surface area contributed by atoms with Crippen molar-refractivity contribution in [1.29, 1.82) is 0 Å². The molecule has 0 saturated carbocycles. The second kappa shape index (κ2) is 6.55. The molecule has 2 heterocycles.